The molecule has 0 aliphatic rings. The van der Waals surface area contributed by atoms with Gasteiger partial charge >= 0.3 is 5.97 Å². The molecular weight excluding hydrogens is 400 g/mol. The fraction of sp³-hybridized carbons (Fsp3) is 0.150. The number of rotatable bonds is 9. The first-order chi connectivity index (χ1) is 13.5. The predicted octanol–water partition coefficient (Wildman–Crippen LogP) is 4.01. The summed E-state index contributed by atoms with van der Waals surface area (Å²) >= 11 is 7.26. The third kappa shape index (κ3) is 5.80. The van der Waals surface area contributed by atoms with Crippen LogP contribution in [0.15, 0.2) is 61.0 Å². The number of carbonyl (C=O) groups excluding carboxylic acids is 3. The highest BCUT2D eigenvalue weighted by molar-refractivity contribution is 7.12. The van der Waals surface area contributed by atoms with Crippen LogP contribution in [0.5, 0.6) is 0 Å². The van der Waals surface area contributed by atoms with E-state index in [0.29, 0.717) is 23.0 Å². The van der Waals surface area contributed by atoms with E-state index in [1.54, 1.807) is 29.7 Å². The molecule has 8 heteroatoms. The third-order valence-corrected chi connectivity index (χ3v) is 4.68. The highest BCUT2D eigenvalue weighted by atomic mass is 35.5. The van der Waals surface area contributed by atoms with Gasteiger partial charge in [0.25, 0.3) is 11.8 Å². The van der Waals surface area contributed by atoms with Crippen molar-refractivity contribution in [3.05, 3.63) is 76.5 Å². The molecule has 2 amide bonds. The molecule has 2 aromatic rings. The van der Waals surface area contributed by atoms with Gasteiger partial charge in [-0.2, -0.15) is 0 Å². The second kappa shape index (κ2) is 10.4. The minimum absolute atomic E-state index is 0.0982. The normalized spacial score (nSPS) is 10.0. The molecule has 0 saturated carbocycles. The summed E-state index contributed by atoms with van der Waals surface area (Å²) in [6.45, 7) is 7.36. The molecule has 1 heterocycles. The monoisotopic (exact) mass is 418 g/mol. The van der Waals surface area contributed by atoms with Crippen LogP contribution in [0.4, 0.5) is 5.69 Å². The van der Waals surface area contributed by atoms with Crippen molar-refractivity contribution in [2.75, 3.05) is 25.0 Å². The molecule has 1 N–H and O–H groups in total. The molecule has 146 valence electrons. The fourth-order valence-corrected chi connectivity index (χ4v) is 3.07. The summed E-state index contributed by atoms with van der Waals surface area (Å²) in [7, 11) is 0. The van der Waals surface area contributed by atoms with E-state index in [2.05, 4.69) is 18.5 Å². The molecule has 0 spiro atoms. The maximum absolute atomic E-state index is 12.5. The highest BCUT2D eigenvalue weighted by Gasteiger charge is 2.19. The molecule has 0 aliphatic heterocycles. The lowest BCUT2D eigenvalue weighted by Crippen LogP contribution is -2.35. The molecule has 0 unspecified atom stereocenters. The molecule has 1 aromatic carbocycles. The van der Waals surface area contributed by atoms with Crippen LogP contribution < -0.4 is 5.32 Å². The van der Waals surface area contributed by atoms with Crippen molar-refractivity contribution in [2.24, 2.45) is 0 Å². The lowest BCUT2D eigenvalue weighted by Gasteiger charge is -2.19. The van der Waals surface area contributed by atoms with Crippen molar-refractivity contribution in [3.63, 3.8) is 0 Å². The van der Waals surface area contributed by atoms with Crippen LogP contribution in [0.25, 0.3) is 0 Å². The molecule has 0 bridgehead atoms. The van der Waals surface area contributed by atoms with Crippen LogP contribution in [0.2, 0.25) is 5.02 Å². The van der Waals surface area contributed by atoms with E-state index in [4.69, 9.17) is 16.3 Å². The number of halogens is 1. The largest absolute Gasteiger partial charge is 0.452 e. The Bertz CT molecular complexity index is 870. The fourth-order valence-electron chi connectivity index (χ4n) is 2.28. The van der Waals surface area contributed by atoms with Gasteiger partial charge in [0.15, 0.2) is 6.61 Å². The summed E-state index contributed by atoms with van der Waals surface area (Å²) in [6, 6.07) is 7.80. The standard InChI is InChI=1S/C20H19ClN2O4S/c1-3-9-23(10-4-2)18(24)13-27-20(26)15-8-7-14(21)12-16(15)22-19(25)17-6-5-11-28-17/h3-8,11-12H,1-2,9-10,13H2,(H,22,25). The van der Waals surface area contributed by atoms with Crippen molar-refractivity contribution < 1.29 is 19.1 Å². The molecule has 0 aliphatic carbocycles. The van der Waals surface area contributed by atoms with E-state index in [0.717, 1.165) is 0 Å². The van der Waals surface area contributed by atoms with Crippen molar-refractivity contribution in [2.45, 2.75) is 0 Å². The number of anilines is 1. The number of hydrogen-bond acceptors (Lipinski definition) is 5. The van der Waals surface area contributed by atoms with Crippen LogP contribution in [0, 0.1) is 0 Å². The lowest BCUT2D eigenvalue weighted by molar-refractivity contribution is -0.133. The van der Waals surface area contributed by atoms with Crippen LogP contribution in [0.1, 0.15) is 20.0 Å². The van der Waals surface area contributed by atoms with E-state index in [9.17, 15) is 14.4 Å². The summed E-state index contributed by atoms with van der Waals surface area (Å²) in [5.74, 6) is -1.50. The van der Waals surface area contributed by atoms with Crippen molar-refractivity contribution in [1.82, 2.24) is 4.90 Å². The second-order valence-electron chi connectivity index (χ2n) is 5.57. The first-order valence-electron chi connectivity index (χ1n) is 8.27. The number of esters is 1. The van der Waals surface area contributed by atoms with Gasteiger partial charge in [-0.3, -0.25) is 9.59 Å². The summed E-state index contributed by atoms with van der Waals surface area (Å²) < 4.78 is 5.13. The van der Waals surface area contributed by atoms with Crippen molar-refractivity contribution >= 4 is 46.4 Å². The van der Waals surface area contributed by atoms with E-state index < -0.39 is 12.6 Å². The minimum Gasteiger partial charge on any atom is -0.452 e. The Balaban J connectivity index is 2.10. The van der Waals surface area contributed by atoms with Gasteiger partial charge in [0, 0.05) is 18.1 Å². The second-order valence-corrected chi connectivity index (χ2v) is 6.96. The maximum Gasteiger partial charge on any atom is 0.340 e. The van der Waals surface area contributed by atoms with Gasteiger partial charge in [-0.25, -0.2) is 4.79 Å². The molecule has 6 nitrogen and oxygen atoms in total. The Morgan fingerprint density at radius 3 is 2.50 bits per heavy atom. The summed E-state index contributed by atoms with van der Waals surface area (Å²) in [4.78, 5) is 38.9. The first-order valence-corrected chi connectivity index (χ1v) is 9.53. The van der Waals surface area contributed by atoms with E-state index in [1.807, 2.05) is 0 Å². The number of carbonyl (C=O) groups is 3. The quantitative estimate of drug-likeness (QED) is 0.493. The molecular formula is C20H19ClN2O4S. The van der Waals surface area contributed by atoms with Gasteiger partial charge < -0.3 is 15.0 Å². The van der Waals surface area contributed by atoms with E-state index in [-0.39, 0.29) is 23.1 Å². The van der Waals surface area contributed by atoms with Gasteiger partial charge in [0.05, 0.1) is 16.1 Å². The molecule has 0 saturated heterocycles. The average molecular weight is 419 g/mol. The number of hydrogen-bond donors (Lipinski definition) is 1. The zero-order valence-electron chi connectivity index (χ0n) is 15.0. The Hall–Kier alpha value is -2.90. The van der Waals surface area contributed by atoms with Gasteiger partial charge in [0.1, 0.15) is 0 Å². The predicted molar refractivity (Wildman–Crippen MR) is 111 cm³/mol. The number of nitrogens with zero attached hydrogens (tertiary/aromatic N) is 1. The molecule has 1 aromatic heterocycles. The molecule has 2 rings (SSSR count). The van der Waals surface area contributed by atoms with Crippen molar-refractivity contribution in [1.29, 1.82) is 0 Å². The smallest absolute Gasteiger partial charge is 0.340 e. The van der Waals surface area contributed by atoms with Gasteiger partial charge in [0.2, 0.25) is 0 Å². The number of nitrogens with one attached hydrogen (secondary N) is 1. The zero-order chi connectivity index (χ0) is 20.5. The number of benzene rings is 1. The highest BCUT2D eigenvalue weighted by Crippen LogP contribution is 2.23. The Labute approximate surface area is 172 Å². The molecule has 0 radical (unpaired) electrons. The van der Waals surface area contributed by atoms with Gasteiger partial charge in [-0.15, -0.1) is 24.5 Å². The summed E-state index contributed by atoms with van der Waals surface area (Å²) in [5, 5.41) is 4.76. The molecule has 0 fully saturated rings. The van der Waals surface area contributed by atoms with E-state index >= 15 is 0 Å². The zero-order valence-corrected chi connectivity index (χ0v) is 16.6. The van der Waals surface area contributed by atoms with Crippen molar-refractivity contribution in [3.8, 4) is 0 Å². The molecule has 0 atom stereocenters. The third-order valence-electron chi connectivity index (χ3n) is 3.57. The van der Waals surface area contributed by atoms with Crippen LogP contribution >= 0.6 is 22.9 Å². The summed E-state index contributed by atoms with van der Waals surface area (Å²) in [5.41, 5.74) is 0.304. The number of amides is 2. The minimum atomic E-state index is -0.747. The first kappa shape index (κ1) is 21.4. The Kier molecular flexibility index (Phi) is 7.98. The maximum atomic E-state index is 12.5. The molecule has 28 heavy (non-hydrogen) atoms. The lowest BCUT2D eigenvalue weighted by atomic mass is 10.1. The number of ether oxygens (including phenoxy) is 1. The SMILES string of the molecule is C=CCN(CC=C)C(=O)COC(=O)c1ccc(Cl)cc1NC(=O)c1cccs1. The van der Waals surface area contributed by atoms with Crippen LogP contribution in [0.3, 0.4) is 0 Å². The topological polar surface area (TPSA) is 75.7 Å². The number of thiophene rings is 1. The van der Waals surface area contributed by atoms with Gasteiger partial charge in [-0.1, -0.05) is 29.8 Å². The summed E-state index contributed by atoms with van der Waals surface area (Å²) in [6.07, 6.45) is 3.14. The van der Waals surface area contributed by atoms with Gasteiger partial charge in [-0.05, 0) is 29.6 Å². The van der Waals surface area contributed by atoms with Crippen LogP contribution in [-0.4, -0.2) is 42.4 Å². The van der Waals surface area contributed by atoms with Crippen LogP contribution in [-0.2, 0) is 9.53 Å². The Morgan fingerprint density at radius 1 is 1.18 bits per heavy atom. The average Bonchev–Trinajstić information content (AvgIpc) is 3.21. The van der Waals surface area contributed by atoms with E-state index in [1.165, 1.54) is 34.4 Å². The Morgan fingerprint density at radius 2 is 1.89 bits per heavy atom.